The molecular weight excluding hydrogens is 276 g/mol. The Morgan fingerprint density at radius 1 is 1.40 bits per heavy atom. The molecule has 2 heterocycles. The van der Waals surface area contributed by atoms with E-state index in [0.717, 1.165) is 36.5 Å². The molecule has 0 bridgehead atoms. The van der Waals surface area contributed by atoms with E-state index in [1.54, 1.807) is 0 Å². The van der Waals surface area contributed by atoms with Crippen LogP contribution in [0.2, 0.25) is 0 Å². The fourth-order valence-corrected chi connectivity index (χ4v) is 4.23. The summed E-state index contributed by atoms with van der Waals surface area (Å²) in [7, 11) is -2.83. The lowest BCUT2D eigenvalue weighted by atomic mass is 10.1. The Morgan fingerprint density at radius 3 is 2.75 bits per heavy atom. The molecule has 3 N–H and O–H groups in total. The molecule has 0 saturated carbocycles. The summed E-state index contributed by atoms with van der Waals surface area (Å²) in [5.74, 6) is 2.67. The summed E-state index contributed by atoms with van der Waals surface area (Å²) in [4.78, 5) is 8.73. The molecule has 1 aromatic heterocycles. The predicted octanol–water partition coefficient (Wildman–Crippen LogP) is 1.17. The average Bonchev–Trinajstić information content (AvgIpc) is 2.72. The lowest BCUT2D eigenvalue weighted by Gasteiger charge is -2.14. The molecule has 1 aliphatic rings. The second-order valence-corrected chi connectivity index (χ2v) is 7.63. The third kappa shape index (κ3) is 3.59. The number of anilines is 2. The Bertz CT molecular complexity index is 586. The van der Waals surface area contributed by atoms with Gasteiger partial charge in [-0.05, 0) is 25.7 Å². The molecule has 0 aromatic carbocycles. The number of nitrogen functional groups attached to an aromatic ring is 1. The van der Waals surface area contributed by atoms with Gasteiger partial charge >= 0.3 is 0 Å². The molecule has 1 saturated heterocycles. The monoisotopic (exact) mass is 298 g/mol. The first-order valence-corrected chi connectivity index (χ1v) is 8.80. The summed E-state index contributed by atoms with van der Waals surface area (Å²) >= 11 is 0. The van der Waals surface area contributed by atoms with Gasteiger partial charge in [-0.25, -0.2) is 18.4 Å². The predicted molar refractivity (Wildman–Crippen MR) is 80.4 cm³/mol. The van der Waals surface area contributed by atoms with Gasteiger partial charge in [0.15, 0.2) is 9.84 Å². The highest BCUT2D eigenvalue weighted by atomic mass is 32.2. The summed E-state index contributed by atoms with van der Waals surface area (Å²) in [5.41, 5.74) is 6.72. The summed E-state index contributed by atoms with van der Waals surface area (Å²) in [6.07, 6.45) is 2.47. The van der Waals surface area contributed by atoms with Gasteiger partial charge in [-0.15, -0.1) is 0 Å². The van der Waals surface area contributed by atoms with Crippen molar-refractivity contribution in [2.24, 2.45) is 5.92 Å². The Hall–Kier alpha value is -1.37. The highest BCUT2D eigenvalue weighted by Gasteiger charge is 2.27. The lowest BCUT2D eigenvalue weighted by Crippen LogP contribution is -2.18. The molecule has 1 atom stereocenters. The molecule has 1 aliphatic heterocycles. The number of nitrogens with zero attached hydrogens (tertiary/aromatic N) is 2. The van der Waals surface area contributed by atoms with Gasteiger partial charge in [-0.3, -0.25) is 0 Å². The van der Waals surface area contributed by atoms with Crippen molar-refractivity contribution < 1.29 is 8.42 Å². The summed E-state index contributed by atoms with van der Waals surface area (Å²) < 4.78 is 22.9. The third-order valence-electron chi connectivity index (χ3n) is 3.59. The maximum absolute atomic E-state index is 11.4. The van der Waals surface area contributed by atoms with Gasteiger partial charge in [0.05, 0.1) is 11.5 Å². The molecular formula is C13H22N4O2S. The van der Waals surface area contributed by atoms with Crippen LogP contribution in [0.25, 0.3) is 0 Å². The number of aromatic nitrogens is 2. The van der Waals surface area contributed by atoms with Crippen molar-refractivity contribution in [2.45, 2.75) is 33.1 Å². The van der Waals surface area contributed by atoms with Gasteiger partial charge in [0.1, 0.15) is 17.5 Å². The van der Waals surface area contributed by atoms with Crippen LogP contribution in [-0.2, 0) is 16.3 Å². The first-order chi connectivity index (χ1) is 9.41. The number of hydrogen-bond donors (Lipinski definition) is 2. The molecule has 0 aliphatic carbocycles. The van der Waals surface area contributed by atoms with Crippen molar-refractivity contribution in [2.75, 3.05) is 29.1 Å². The van der Waals surface area contributed by atoms with Crippen molar-refractivity contribution in [1.29, 1.82) is 0 Å². The van der Waals surface area contributed by atoms with E-state index in [9.17, 15) is 8.42 Å². The molecule has 112 valence electrons. The number of hydrogen-bond acceptors (Lipinski definition) is 6. The molecule has 6 nitrogen and oxygen atoms in total. The summed E-state index contributed by atoms with van der Waals surface area (Å²) in [6.45, 7) is 4.55. The van der Waals surface area contributed by atoms with E-state index in [-0.39, 0.29) is 11.7 Å². The van der Waals surface area contributed by atoms with Crippen molar-refractivity contribution in [1.82, 2.24) is 9.97 Å². The van der Waals surface area contributed by atoms with E-state index in [4.69, 9.17) is 5.73 Å². The first-order valence-electron chi connectivity index (χ1n) is 6.98. The smallest absolute Gasteiger partial charge is 0.150 e. The van der Waals surface area contributed by atoms with E-state index in [2.05, 4.69) is 22.2 Å². The van der Waals surface area contributed by atoms with E-state index in [1.807, 2.05) is 6.92 Å². The summed E-state index contributed by atoms with van der Waals surface area (Å²) in [6, 6.07) is 0. The Balaban J connectivity index is 2.05. The minimum absolute atomic E-state index is 0.158. The largest absolute Gasteiger partial charge is 0.383 e. The molecule has 7 heteroatoms. The molecule has 0 radical (unpaired) electrons. The third-order valence-corrected chi connectivity index (χ3v) is 5.43. The zero-order valence-electron chi connectivity index (χ0n) is 12.0. The Labute approximate surface area is 120 Å². The minimum atomic E-state index is -2.83. The zero-order valence-corrected chi connectivity index (χ0v) is 12.8. The molecule has 1 aromatic rings. The highest BCUT2D eigenvalue weighted by Crippen LogP contribution is 2.21. The maximum atomic E-state index is 11.4. The van der Waals surface area contributed by atoms with Crippen LogP contribution in [0.1, 0.15) is 31.2 Å². The van der Waals surface area contributed by atoms with Crippen molar-refractivity contribution >= 4 is 21.5 Å². The lowest BCUT2D eigenvalue weighted by molar-refractivity contribution is 0.595. The summed E-state index contributed by atoms with van der Waals surface area (Å²) in [5, 5.41) is 3.24. The van der Waals surface area contributed by atoms with Gasteiger partial charge < -0.3 is 11.1 Å². The zero-order chi connectivity index (χ0) is 14.8. The van der Waals surface area contributed by atoms with Gasteiger partial charge in [0.2, 0.25) is 0 Å². The first kappa shape index (κ1) is 15.0. The average molecular weight is 298 g/mol. The Morgan fingerprint density at radius 2 is 2.15 bits per heavy atom. The highest BCUT2D eigenvalue weighted by molar-refractivity contribution is 7.91. The molecule has 2 rings (SSSR count). The number of aryl methyl sites for hydroxylation is 1. The van der Waals surface area contributed by atoms with Crippen LogP contribution < -0.4 is 11.1 Å². The van der Waals surface area contributed by atoms with Crippen LogP contribution in [0.3, 0.4) is 0 Å². The second-order valence-electron chi connectivity index (χ2n) is 5.40. The molecule has 1 unspecified atom stereocenters. The maximum Gasteiger partial charge on any atom is 0.150 e. The molecule has 0 spiro atoms. The van der Waals surface area contributed by atoms with Crippen molar-refractivity contribution in [3.05, 3.63) is 11.4 Å². The van der Waals surface area contributed by atoms with Crippen LogP contribution in [0, 0.1) is 12.8 Å². The normalized spacial score (nSPS) is 21.0. The molecule has 20 heavy (non-hydrogen) atoms. The molecule has 1 fully saturated rings. The van der Waals surface area contributed by atoms with Crippen molar-refractivity contribution in [3.8, 4) is 0 Å². The van der Waals surface area contributed by atoms with Crippen LogP contribution in [0.4, 0.5) is 11.6 Å². The van der Waals surface area contributed by atoms with Crippen LogP contribution in [-0.4, -0.2) is 36.4 Å². The standard InChI is InChI=1S/C13H22N4O2S/c1-3-4-11-16-12(14)9(2)13(17-11)15-7-10-5-6-20(18,19)8-10/h10H,3-8H2,1-2H3,(H3,14,15,16,17). The number of nitrogens with one attached hydrogen (secondary N) is 1. The fraction of sp³-hybridized carbons (Fsp3) is 0.692. The number of sulfone groups is 1. The van der Waals surface area contributed by atoms with Crippen molar-refractivity contribution in [3.63, 3.8) is 0 Å². The Kier molecular flexibility index (Phi) is 4.47. The van der Waals surface area contributed by atoms with E-state index < -0.39 is 9.84 Å². The molecule has 0 amide bonds. The van der Waals surface area contributed by atoms with E-state index in [0.29, 0.717) is 18.1 Å². The minimum Gasteiger partial charge on any atom is -0.383 e. The van der Waals surface area contributed by atoms with Crippen LogP contribution >= 0.6 is 0 Å². The second kappa shape index (κ2) is 5.95. The van der Waals surface area contributed by atoms with Gasteiger partial charge in [0, 0.05) is 18.5 Å². The number of rotatable bonds is 5. The van der Waals surface area contributed by atoms with Crippen LogP contribution in [0.5, 0.6) is 0 Å². The topological polar surface area (TPSA) is 98.0 Å². The van der Waals surface area contributed by atoms with E-state index in [1.165, 1.54) is 0 Å². The van der Waals surface area contributed by atoms with Gasteiger partial charge in [-0.1, -0.05) is 6.92 Å². The fourth-order valence-electron chi connectivity index (χ4n) is 2.36. The van der Waals surface area contributed by atoms with E-state index >= 15 is 0 Å². The van der Waals surface area contributed by atoms with Gasteiger partial charge in [-0.2, -0.15) is 0 Å². The quantitative estimate of drug-likeness (QED) is 0.846. The number of nitrogens with two attached hydrogens (primary N) is 1. The SMILES string of the molecule is CCCc1nc(N)c(C)c(NCC2CCS(=O)(=O)C2)n1. The van der Waals surface area contributed by atoms with Gasteiger partial charge in [0.25, 0.3) is 0 Å². The van der Waals surface area contributed by atoms with Crippen LogP contribution in [0.15, 0.2) is 0 Å².